The second kappa shape index (κ2) is 9.37. The zero-order chi connectivity index (χ0) is 15.1. The molecule has 1 aromatic carbocycles. The van der Waals surface area contributed by atoms with Gasteiger partial charge in [0.1, 0.15) is 6.04 Å². The van der Waals surface area contributed by atoms with Gasteiger partial charge in [-0.1, -0.05) is 25.5 Å². The number of amides is 1. The molecular formula is C15H23ClN2O3. The van der Waals surface area contributed by atoms with E-state index < -0.39 is 12.0 Å². The van der Waals surface area contributed by atoms with Gasteiger partial charge in [-0.3, -0.25) is 14.9 Å². The van der Waals surface area contributed by atoms with Gasteiger partial charge in [0.15, 0.2) is 0 Å². The summed E-state index contributed by atoms with van der Waals surface area (Å²) < 4.78 is 0. The van der Waals surface area contributed by atoms with Crippen molar-refractivity contribution in [3.05, 3.63) is 29.3 Å². The smallest absolute Gasteiger partial charge is 0.320 e. The topological polar surface area (TPSA) is 78.4 Å². The minimum atomic E-state index is -0.925. The van der Waals surface area contributed by atoms with Crippen LogP contribution in [0, 0.1) is 13.8 Å². The number of hydrogen-bond donors (Lipinski definition) is 3. The Kier molecular flexibility index (Phi) is 8.66. The molecule has 0 heterocycles. The molecule has 1 aromatic rings. The molecule has 118 valence electrons. The van der Waals surface area contributed by atoms with Crippen LogP contribution >= 0.6 is 12.4 Å². The summed E-state index contributed by atoms with van der Waals surface area (Å²) in [6.07, 6.45) is 1.26. The Hall–Kier alpha value is -1.59. The molecule has 3 N–H and O–H groups in total. The number of halogens is 1. The predicted octanol–water partition coefficient (Wildman–Crippen LogP) is 2.51. The number of benzene rings is 1. The standard InChI is InChI=1S/C15H22N2O3.ClH/c1-4-5-12(15(19)20)16-9-14(18)17-13-8-10(2)6-7-11(13)3;/h6-8,12,16H,4-5,9H2,1-3H3,(H,17,18)(H,19,20);1H. The van der Waals surface area contributed by atoms with Gasteiger partial charge in [0, 0.05) is 5.69 Å². The second-order valence-corrected chi connectivity index (χ2v) is 4.93. The molecule has 0 spiro atoms. The van der Waals surface area contributed by atoms with Crippen LogP contribution in [0.25, 0.3) is 0 Å². The van der Waals surface area contributed by atoms with Gasteiger partial charge in [0.05, 0.1) is 6.54 Å². The zero-order valence-electron chi connectivity index (χ0n) is 12.6. The Labute approximate surface area is 131 Å². The molecule has 0 aliphatic rings. The number of carboxylic acids is 1. The van der Waals surface area contributed by atoms with E-state index in [0.717, 1.165) is 23.2 Å². The van der Waals surface area contributed by atoms with Crippen molar-refractivity contribution in [2.75, 3.05) is 11.9 Å². The monoisotopic (exact) mass is 314 g/mol. The van der Waals surface area contributed by atoms with E-state index in [-0.39, 0.29) is 24.9 Å². The van der Waals surface area contributed by atoms with Gasteiger partial charge >= 0.3 is 5.97 Å². The maximum atomic E-state index is 11.8. The fourth-order valence-corrected chi connectivity index (χ4v) is 1.88. The molecule has 0 bridgehead atoms. The van der Waals surface area contributed by atoms with Crippen LogP contribution in [-0.4, -0.2) is 29.6 Å². The number of aryl methyl sites for hydroxylation is 2. The first-order chi connectivity index (χ1) is 9.43. The SMILES string of the molecule is CCCC(NCC(=O)Nc1cc(C)ccc1C)C(=O)O.Cl. The van der Waals surface area contributed by atoms with E-state index in [9.17, 15) is 9.59 Å². The third-order valence-corrected chi connectivity index (χ3v) is 3.05. The number of nitrogens with one attached hydrogen (secondary N) is 2. The first kappa shape index (κ1) is 19.4. The molecule has 1 amide bonds. The molecule has 0 saturated heterocycles. The summed E-state index contributed by atoms with van der Waals surface area (Å²) in [6, 6.07) is 5.14. The molecule has 0 fully saturated rings. The first-order valence-electron chi connectivity index (χ1n) is 6.77. The van der Waals surface area contributed by atoms with Crippen molar-refractivity contribution in [1.29, 1.82) is 0 Å². The Morgan fingerprint density at radius 3 is 2.52 bits per heavy atom. The lowest BCUT2D eigenvalue weighted by atomic mass is 10.1. The lowest BCUT2D eigenvalue weighted by molar-refractivity contribution is -0.139. The number of rotatable bonds is 7. The maximum Gasteiger partial charge on any atom is 0.320 e. The molecule has 1 rings (SSSR count). The molecule has 5 nitrogen and oxygen atoms in total. The fraction of sp³-hybridized carbons (Fsp3) is 0.467. The van der Waals surface area contributed by atoms with Crippen molar-refractivity contribution in [1.82, 2.24) is 5.32 Å². The van der Waals surface area contributed by atoms with Crippen molar-refractivity contribution in [2.45, 2.75) is 39.7 Å². The summed E-state index contributed by atoms with van der Waals surface area (Å²) in [7, 11) is 0. The minimum Gasteiger partial charge on any atom is -0.480 e. The molecule has 21 heavy (non-hydrogen) atoms. The van der Waals surface area contributed by atoms with Crippen molar-refractivity contribution in [3.8, 4) is 0 Å². The van der Waals surface area contributed by atoms with Gasteiger partial charge in [-0.2, -0.15) is 0 Å². The van der Waals surface area contributed by atoms with Crippen LogP contribution in [-0.2, 0) is 9.59 Å². The summed E-state index contributed by atoms with van der Waals surface area (Å²) in [6.45, 7) is 5.77. The average molecular weight is 315 g/mol. The van der Waals surface area contributed by atoms with Gasteiger partial charge in [0.2, 0.25) is 5.91 Å². The third-order valence-electron chi connectivity index (χ3n) is 3.05. The number of aliphatic carboxylic acids is 1. The molecule has 0 saturated carbocycles. The van der Waals surface area contributed by atoms with E-state index in [1.807, 2.05) is 39.0 Å². The number of hydrogen-bond acceptors (Lipinski definition) is 3. The molecule has 0 aliphatic heterocycles. The van der Waals surface area contributed by atoms with Crippen molar-refractivity contribution < 1.29 is 14.7 Å². The lowest BCUT2D eigenvalue weighted by Crippen LogP contribution is -2.41. The number of carbonyl (C=O) groups is 2. The Balaban J connectivity index is 0.00000400. The third kappa shape index (κ3) is 6.60. The van der Waals surface area contributed by atoms with E-state index in [1.54, 1.807) is 0 Å². The van der Waals surface area contributed by atoms with Gasteiger partial charge < -0.3 is 10.4 Å². The largest absolute Gasteiger partial charge is 0.480 e. The van der Waals surface area contributed by atoms with E-state index in [0.29, 0.717) is 6.42 Å². The van der Waals surface area contributed by atoms with E-state index in [1.165, 1.54) is 0 Å². The quantitative estimate of drug-likeness (QED) is 0.722. The van der Waals surface area contributed by atoms with E-state index in [2.05, 4.69) is 10.6 Å². The molecule has 0 aromatic heterocycles. The summed E-state index contributed by atoms with van der Waals surface area (Å²) in [5.41, 5.74) is 2.81. The van der Waals surface area contributed by atoms with Crippen LogP contribution in [0.15, 0.2) is 18.2 Å². The van der Waals surface area contributed by atoms with Crippen LogP contribution in [0.4, 0.5) is 5.69 Å². The lowest BCUT2D eigenvalue weighted by Gasteiger charge is -2.14. The Morgan fingerprint density at radius 1 is 1.29 bits per heavy atom. The Bertz CT molecular complexity index is 492. The maximum absolute atomic E-state index is 11.8. The molecule has 1 unspecified atom stereocenters. The van der Waals surface area contributed by atoms with Crippen LogP contribution in [0.3, 0.4) is 0 Å². The van der Waals surface area contributed by atoms with E-state index in [4.69, 9.17) is 5.11 Å². The minimum absolute atomic E-state index is 0. The summed E-state index contributed by atoms with van der Waals surface area (Å²) in [5.74, 6) is -1.16. The van der Waals surface area contributed by atoms with Crippen molar-refractivity contribution in [2.24, 2.45) is 0 Å². The number of anilines is 1. The van der Waals surface area contributed by atoms with Crippen LogP contribution in [0.2, 0.25) is 0 Å². The molecular weight excluding hydrogens is 292 g/mol. The highest BCUT2D eigenvalue weighted by Gasteiger charge is 2.16. The van der Waals surface area contributed by atoms with E-state index >= 15 is 0 Å². The van der Waals surface area contributed by atoms with Gasteiger partial charge in [-0.25, -0.2) is 0 Å². The summed E-state index contributed by atoms with van der Waals surface area (Å²) >= 11 is 0. The number of carbonyl (C=O) groups excluding carboxylic acids is 1. The zero-order valence-corrected chi connectivity index (χ0v) is 13.4. The van der Waals surface area contributed by atoms with Gasteiger partial charge in [0.25, 0.3) is 0 Å². The van der Waals surface area contributed by atoms with Crippen LogP contribution in [0.1, 0.15) is 30.9 Å². The highest BCUT2D eigenvalue weighted by atomic mass is 35.5. The van der Waals surface area contributed by atoms with Gasteiger partial charge in [-0.05, 0) is 37.5 Å². The highest BCUT2D eigenvalue weighted by molar-refractivity contribution is 5.93. The van der Waals surface area contributed by atoms with Gasteiger partial charge in [-0.15, -0.1) is 12.4 Å². The van der Waals surface area contributed by atoms with Crippen LogP contribution < -0.4 is 10.6 Å². The second-order valence-electron chi connectivity index (χ2n) is 4.93. The molecule has 0 radical (unpaired) electrons. The number of carboxylic acid groups (broad SMARTS) is 1. The van der Waals surface area contributed by atoms with Crippen LogP contribution in [0.5, 0.6) is 0 Å². The first-order valence-corrected chi connectivity index (χ1v) is 6.77. The molecule has 1 atom stereocenters. The average Bonchev–Trinajstić information content (AvgIpc) is 2.38. The molecule has 0 aliphatic carbocycles. The Morgan fingerprint density at radius 2 is 1.95 bits per heavy atom. The fourth-order valence-electron chi connectivity index (χ4n) is 1.88. The van der Waals surface area contributed by atoms with Crippen molar-refractivity contribution in [3.63, 3.8) is 0 Å². The molecule has 6 heteroatoms. The predicted molar refractivity (Wildman–Crippen MR) is 86.1 cm³/mol. The highest BCUT2D eigenvalue weighted by Crippen LogP contribution is 2.15. The summed E-state index contributed by atoms with van der Waals surface area (Å²) in [4.78, 5) is 22.8. The summed E-state index contributed by atoms with van der Waals surface area (Å²) in [5, 5.41) is 14.5. The normalized spacial score (nSPS) is 11.4. The van der Waals surface area contributed by atoms with Crippen molar-refractivity contribution >= 4 is 30.0 Å².